The fraction of sp³-hybridized carbons (Fsp3) is 0.263. The monoisotopic (exact) mass is 435 g/mol. The van der Waals surface area contributed by atoms with Crippen LogP contribution in [0.2, 0.25) is 5.02 Å². The number of thioether (sulfide) groups is 1. The molecule has 2 aliphatic rings. The van der Waals surface area contributed by atoms with E-state index >= 15 is 0 Å². The van der Waals surface area contributed by atoms with Crippen molar-refractivity contribution in [3.8, 4) is 0 Å². The molecule has 0 saturated carbocycles. The van der Waals surface area contributed by atoms with Gasteiger partial charge < -0.3 is 10.2 Å². The lowest BCUT2D eigenvalue weighted by Crippen LogP contribution is -2.36. The third-order valence-electron chi connectivity index (χ3n) is 4.52. The van der Waals surface area contributed by atoms with Crippen molar-refractivity contribution in [1.29, 1.82) is 0 Å². The van der Waals surface area contributed by atoms with Gasteiger partial charge in [0.25, 0.3) is 0 Å². The third-order valence-corrected chi connectivity index (χ3v) is 8.00. The zero-order valence-electron chi connectivity index (χ0n) is 14.8. The number of benzene rings is 2. The number of para-hydroxylation sites is 1. The zero-order chi connectivity index (χ0) is 19.7. The number of nitrogens with one attached hydrogen (secondary N) is 1. The first kappa shape index (κ1) is 19.3. The minimum atomic E-state index is -3.04. The van der Waals surface area contributed by atoms with Crippen LogP contribution in [0.1, 0.15) is 0 Å². The predicted molar refractivity (Wildman–Crippen MR) is 115 cm³/mol. The lowest BCUT2D eigenvalue weighted by atomic mass is 10.2. The summed E-state index contributed by atoms with van der Waals surface area (Å²) in [6, 6.07) is 16.2. The summed E-state index contributed by atoms with van der Waals surface area (Å²) in [5.74, 6) is -0.0120. The highest BCUT2D eigenvalue weighted by atomic mass is 35.5. The molecule has 2 heterocycles. The molecule has 6 nitrogen and oxygen atoms in total. The second-order valence-corrected chi connectivity index (χ2v) is 10.5. The maximum Gasteiger partial charge on any atom is 0.244 e. The SMILES string of the molecule is O=C(CN(C1=N[C@@H]2CS(=O)(=O)C[C@@H]2S1)c1cccc(Cl)c1)Nc1ccccc1. The number of amidine groups is 1. The van der Waals surface area contributed by atoms with Gasteiger partial charge in [0.1, 0.15) is 6.54 Å². The van der Waals surface area contributed by atoms with Crippen molar-refractivity contribution in [3.63, 3.8) is 0 Å². The molecule has 0 radical (unpaired) electrons. The van der Waals surface area contributed by atoms with Crippen molar-refractivity contribution in [3.05, 3.63) is 59.6 Å². The lowest BCUT2D eigenvalue weighted by molar-refractivity contribution is -0.114. The molecule has 2 aromatic rings. The summed E-state index contributed by atoms with van der Waals surface area (Å²) in [7, 11) is -3.04. The summed E-state index contributed by atoms with van der Waals surface area (Å²) in [5.41, 5.74) is 1.45. The highest BCUT2D eigenvalue weighted by Crippen LogP contribution is 2.37. The van der Waals surface area contributed by atoms with Crippen LogP contribution in [0.15, 0.2) is 59.6 Å². The van der Waals surface area contributed by atoms with Crippen LogP contribution in [0.4, 0.5) is 11.4 Å². The lowest BCUT2D eigenvalue weighted by Gasteiger charge is -2.24. The van der Waals surface area contributed by atoms with Crippen LogP contribution in [0, 0.1) is 0 Å². The van der Waals surface area contributed by atoms with Crippen molar-refractivity contribution < 1.29 is 13.2 Å². The molecule has 0 bridgehead atoms. The van der Waals surface area contributed by atoms with Crippen molar-refractivity contribution >= 4 is 55.6 Å². The van der Waals surface area contributed by atoms with Crippen molar-refractivity contribution in [2.75, 3.05) is 28.3 Å². The fourth-order valence-corrected chi connectivity index (χ4v) is 7.21. The van der Waals surface area contributed by atoms with Crippen LogP contribution in [-0.2, 0) is 14.6 Å². The van der Waals surface area contributed by atoms with E-state index in [0.29, 0.717) is 15.9 Å². The molecule has 146 valence electrons. The second kappa shape index (κ2) is 7.77. The minimum absolute atomic E-state index is 0.0489. The molecule has 4 rings (SSSR count). The van der Waals surface area contributed by atoms with E-state index in [2.05, 4.69) is 10.3 Å². The molecular weight excluding hydrogens is 418 g/mol. The van der Waals surface area contributed by atoms with E-state index in [4.69, 9.17) is 11.6 Å². The molecule has 0 spiro atoms. The minimum Gasteiger partial charge on any atom is -0.325 e. The van der Waals surface area contributed by atoms with E-state index in [1.165, 1.54) is 11.8 Å². The number of rotatable bonds is 4. The Bertz CT molecular complexity index is 1030. The van der Waals surface area contributed by atoms with Crippen LogP contribution in [0.25, 0.3) is 0 Å². The van der Waals surface area contributed by atoms with E-state index in [1.807, 2.05) is 42.5 Å². The average Bonchev–Trinajstić information content (AvgIpc) is 3.14. The van der Waals surface area contributed by atoms with E-state index in [1.54, 1.807) is 17.0 Å². The van der Waals surface area contributed by atoms with E-state index in [9.17, 15) is 13.2 Å². The number of fused-ring (bicyclic) bond motifs is 1. The number of carbonyl (C=O) groups is 1. The van der Waals surface area contributed by atoms with Crippen LogP contribution in [0.5, 0.6) is 0 Å². The molecular formula is C19H18ClN3O3S2. The normalized spacial score (nSPS) is 22.4. The average molecular weight is 436 g/mol. The molecule has 0 aliphatic carbocycles. The number of carbonyl (C=O) groups excluding carboxylic acids is 1. The molecule has 2 aromatic carbocycles. The van der Waals surface area contributed by atoms with Gasteiger partial charge in [-0.2, -0.15) is 0 Å². The van der Waals surface area contributed by atoms with Gasteiger partial charge in [-0.15, -0.1) is 0 Å². The van der Waals surface area contributed by atoms with Gasteiger partial charge in [0.15, 0.2) is 15.0 Å². The number of halogens is 1. The standard InChI is InChI=1S/C19H18ClN3O3S2/c20-13-5-4-8-15(9-13)23(10-18(24)21-14-6-2-1-3-7-14)19-22-16-11-28(25,26)12-17(16)27-19/h1-9,16-17H,10-12H2,(H,21,24)/t16-,17+/m1/s1. The van der Waals surface area contributed by atoms with Crippen molar-refractivity contribution in [1.82, 2.24) is 0 Å². The fourth-order valence-electron chi connectivity index (χ4n) is 3.25. The first-order chi connectivity index (χ1) is 13.4. The highest BCUT2D eigenvalue weighted by molar-refractivity contribution is 8.15. The number of nitrogens with zero attached hydrogens (tertiary/aromatic N) is 2. The summed E-state index contributed by atoms with van der Waals surface area (Å²) in [6.07, 6.45) is 0. The van der Waals surface area contributed by atoms with Crippen LogP contribution in [-0.4, -0.2) is 48.8 Å². The van der Waals surface area contributed by atoms with Gasteiger partial charge in [-0.3, -0.25) is 9.79 Å². The summed E-state index contributed by atoms with van der Waals surface area (Å²) in [6.45, 7) is 0.0489. The molecule has 1 fully saturated rings. The third kappa shape index (κ3) is 4.34. The molecule has 1 amide bonds. The van der Waals surface area contributed by atoms with Crippen LogP contribution >= 0.6 is 23.4 Å². The van der Waals surface area contributed by atoms with E-state index in [-0.39, 0.29) is 35.2 Å². The first-order valence-corrected chi connectivity index (χ1v) is 11.8. The Hall–Kier alpha value is -2.03. The zero-order valence-corrected chi connectivity index (χ0v) is 17.2. The summed E-state index contributed by atoms with van der Waals surface area (Å²) < 4.78 is 23.7. The quantitative estimate of drug-likeness (QED) is 0.798. The van der Waals surface area contributed by atoms with Gasteiger partial charge in [-0.1, -0.05) is 47.6 Å². The Labute approximate surface area is 172 Å². The number of hydrogen-bond donors (Lipinski definition) is 1. The van der Waals surface area contributed by atoms with E-state index in [0.717, 1.165) is 5.69 Å². The van der Waals surface area contributed by atoms with Gasteiger partial charge in [0, 0.05) is 21.6 Å². The number of anilines is 2. The predicted octanol–water partition coefficient (Wildman–Crippen LogP) is 3.05. The molecule has 1 saturated heterocycles. The van der Waals surface area contributed by atoms with Gasteiger partial charge >= 0.3 is 0 Å². The first-order valence-electron chi connectivity index (χ1n) is 8.72. The molecule has 0 aromatic heterocycles. The summed E-state index contributed by atoms with van der Waals surface area (Å²) in [4.78, 5) is 19.0. The van der Waals surface area contributed by atoms with E-state index < -0.39 is 9.84 Å². The maximum atomic E-state index is 12.6. The van der Waals surface area contributed by atoms with Gasteiger partial charge in [-0.25, -0.2) is 8.42 Å². The number of aliphatic imine (C=N–C) groups is 1. The van der Waals surface area contributed by atoms with Crippen molar-refractivity contribution in [2.45, 2.75) is 11.3 Å². The number of amides is 1. The summed E-state index contributed by atoms with van der Waals surface area (Å²) >= 11 is 7.56. The Kier molecular flexibility index (Phi) is 5.35. The van der Waals surface area contributed by atoms with Crippen LogP contribution in [0.3, 0.4) is 0 Å². The Balaban J connectivity index is 1.58. The number of hydrogen-bond acceptors (Lipinski definition) is 6. The number of sulfone groups is 1. The van der Waals surface area contributed by atoms with Gasteiger partial charge in [0.2, 0.25) is 5.91 Å². The second-order valence-electron chi connectivity index (χ2n) is 6.69. The largest absolute Gasteiger partial charge is 0.325 e. The van der Waals surface area contributed by atoms with Gasteiger partial charge in [0.05, 0.1) is 17.5 Å². The molecule has 2 atom stereocenters. The molecule has 9 heteroatoms. The van der Waals surface area contributed by atoms with Gasteiger partial charge in [-0.05, 0) is 30.3 Å². The summed E-state index contributed by atoms with van der Waals surface area (Å²) in [5, 5.41) is 3.97. The van der Waals surface area contributed by atoms with Crippen molar-refractivity contribution in [2.24, 2.45) is 4.99 Å². The topological polar surface area (TPSA) is 78.8 Å². The molecule has 2 aliphatic heterocycles. The smallest absolute Gasteiger partial charge is 0.244 e. The maximum absolute atomic E-state index is 12.6. The highest BCUT2D eigenvalue weighted by Gasteiger charge is 2.44. The Morgan fingerprint density at radius 1 is 1.18 bits per heavy atom. The molecule has 0 unspecified atom stereocenters. The molecule has 28 heavy (non-hydrogen) atoms. The Morgan fingerprint density at radius 2 is 1.96 bits per heavy atom. The molecule has 1 N–H and O–H groups in total. The van der Waals surface area contributed by atoms with Crippen LogP contribution < -0.4 is 10.2 Å². The Morgan fingerprint density at radius 3 is 2.68 bits per heavy atom.